The number of fused-ring (bicyclic) bond motifs is 1. The molecule has 2 aliphatic heterocycles. The van der Waals surface area contributed by atoms with Gasteiger partial charge in [0.2, 0.25) is 0 Å². The summed E-state index contributed by atoms with van der Waals surface area (Å²) < 4.78 is 25.2. The minimum Gasteiger partial charge on any atom is -0.465 e. The van der Waals surface area contributed by atoms with Crippen molar-refractivity contribution >= 4 is 6.09 Å². The van der Waals surface area contributed by atoms with Crippen LogP contribution in [0.15, 0.2) is 0 Å². The fourth-order valence-corrected chi connectivity index (χ4v) is 3.11. The summed E-state index contributed by atoms with van der Waals surface area (Å²) in [5.41, 5.74) is 0. The number of carboxylic acid groups (broad SMARTS) is 1. The maximum Gasteiger partial charge on any atom is 0.407 e. The van der Waals surface area contributed by atoms with E-state index in [1.165, 1.54) is 4.90 Å². The Morgan fingerprint density at radius 1 is 1.31 bits per heavy atom. The largest absolute Gasteiger partial charge is 0.465 e. The molecule has 1 unspecified atom stereocenters. The van der Waals surface area contributed by atoms with Gasteiger partial charge in [0.25, 0.3) is 5.92 Å². The average molecular weight is 232 g/mol. The van der Waals surface area contributed by atoms with Gasteiger partial charge < -0.3 is 10.0 Å². The second-order valence-corrected chi connectivity index (χ2v) is 5.20. The zero-order chi connectivity index (χ0) is 11.5. The van der Waals surface area contributed by atoms with Gasteiger partial charge in [-0.3, -0.25) is 4.90 Å². The van der Waals surface area contributed by atoms with Gasteiger partial charge in [-0.2, -0.15) is 0 Å². The summed E-state index contributed by atoms with van der Waals surface area (Å²) >= 11 is 0. The highest BCUT2D eigenvalue weighted by atomic mass is 19.3. The Bertz CT molecular complexity index is 317. The number of amides is 1. The molecule has 4 nitrogen and oxygen atoms in total. The van der Waals surface area contributed by atoms with Gasteiger partial charge in [-0.25, -0.2) is 13.6 Å². The summed E-state index contributed by atoms with van der Waals surface area (Å²) in [6.45, 7) is 1.67. The number of halogens is 2. The lowest BCUT2D eigenvalue weighted by atomic mass is 10.1. The van der Waals surface area contributed by atoms with Gasteiger partial charge in [0, 0.05) is 19.6 Å². The Labute approximate surface area is 91.8 Å². The van der Waals surface area contributed by atoms with Gasteiger partial charge >= 0.3 is 6.09 Å². The lowest BCUT2D eigenvalue weighted by Crippen LogP contribution is -2.56. The van der Waals surface area contributed by atoms with Crippen LogP contribution in [0.5, 0.6) is 0 Å². The lowest BCUT2D eigenvalue weighted by molar-refractivity contribution is -0.132. The first kappa shape index (κ1) is 10.3. The summed E-state index contributed by atoms with van der Waals surface area (Å²) in [4.78, 5) is 13.9. The summed E-state index contributed by atoms with van der Waals surface area (Å²) in [6, 6.07) is 0. The number of nitrogens with zero attached hydrogens (tertiary/aromatic N) is 2. The fraction of sp³-hybridized carbons (Fsp3) is 0.900. The van der Waals surface area contributed by atoms with E-state index in [0.717, 1.165) is 6.54 Å². The van der Waals surface area contributed by atoms with Crippen molar-refractivity contribution in [2.75, 3.05) is 32.7 Å². The minimum absolute atomic E-state index is 0.119. The van der Waals surface area contributed by atoms with E-state index in [9.17, 15) is 13.6 Å². The van der Waals surface area contributed by atoms with Crippen LogP contribution < -0.4 is 0 Å². The highest BCUT2D eigenvalue weighted by Crippen LogP contribution is 2.52. The van der Waals surface area contributed by atoms with Crippen LogP contribution >= 0.6 is 0 Å². The number of rotatable bonds is 2. The van der Waals surface area contributed by atoms with Crippen LogP contribution in [-0.2, 0) is 0 Å². The number of carbonyl (C=O) groups is 1. The van der Waals surface area contributed by atoms with Gasteiger partial charge in [-0.1, -0.05) is 0 Å². The van der Waals surface area contributed by atoms with E-state index in [-0.39, 0.29) is 13.1 Å². The molecular formula is C10H14F2N2O2. The van der Waals surface area contributed by atoms with E-state index in [1.54, 1.807) is 4.90 Å². The van der Waals surface area contributed by atoms with Crippen molar-refractivity contribution in [3.05, 3.63) is 0 Å². The van der Waals surface area contributed by atoms with Gasteiger partial charge in [0.15, 0.2) is 0 Å². The molecule has 16 heavy (non-hydrogen) atoms. The van der Waals surface area contributed by atoms with Crippen LogP contribution in [0.25, 0.3) is 0 Å². The molecule has 1 amide bonds. The maximum absolute atomic E-state index is 12.6. The van der Waals surface area contributed by atoms with E-state index in [1.807, 2.05) is 0 Å². The number of hydrogen-bond donors (Lipinski definition) is 1. The first-order valence-corrected chi connectivity index (χ1v) is 5.54. The van der Waals surface area contributed by atoms with Crippen molar-refractivity contribution in [1.82, 2.24) is 9.80 Å². The Hall–Kier alpha value is -0.910. The first-order chi connectivity index (χ1) is 7.46. The normalized spacial score (nSPS) is 40.4. The second-order valence-electron chi connectivity index (χ2n) is 5.20. The van der Waals surface area contributed by atoms with Crippen LogP contribution in [-0.4, -0.2) is 59.6 Å². The Balaban J connectivity index is 1.44. The molecular weight excluding hydrogens is 218 g/mol. The van der Waals surface area contributed by atoms with Gasteiger partial charge in [0.05, 0.1) is 13.1 Å². The van der Waals surface area contributed by atoms with E-state index in [2.05, 4.69) is 0 Å². The van der Waals surface area contributed by atoms with Gasteiger partial charge in [0.1, 0.15) is 0 Å². The van der Waals surface area contributed by atoms with Crippen molar-refractivity contribution in [1.29, 1.82) is 0 Å². The predicted molar refractivity (Wildman–Crippen MR) is 51.5 cm³/mol. The van der Waals surface area contributed by atoms with Crippen molar-refractivity contribution in [2.45, 2.75) is 5.92 Å². The monoisotopic (exact) mass is 232 g/mol. The summed E-state index contributed by atoms with van der Waals surface area (Å²) in [5, 5.41) is 8.76. The number of hydrogen-bond acceptors (Lipinski definition) is 2. The van der Waals surface area contributed by atoms with Crippen molar-refractivity contribution in [3.8, 4) is 0 Å². The summed E-state index contributed by atoms with van der Waals surface area (Å²) in [6.07, 6.45) is -0.860. The third-order valence-corrected chi connectivity index (χ3v) is 4.02. The SMILES string of the molecule is O=C(O)N1C[C@@H]2C(CN3CC(F)(F)C3)[C@@H]2C1. The third kappa shape index (κ3) is 1.55. The second kappa shape index (κ2) is 3.06. The molecule has 1 N–H and O–H groups in total. The molecule has 0 aromatic carbocycles. The first-order valence-electron chi connectivity index (χ1n) is 5.54. The average Bonchev–Trinajstić information content (AvgIpc) is 2.57. The maximum atomic E-state index is 12.6. The molecule has 0 aromatic heterocycles. The Morgan fingerprint density at radius 3 is 2.31 bits per heavy atom. The standard InChI is InChI=1S/C10H14F2N2O2/c11-10(12)4-13(5-10)1-6-7-2-14(9(15)16)3-8(6)7/h6-8H,1-5H2,(H,15,16)/t6?,7-,8+. The zero-order valence-electron chi connectivity index (χ0n) is 8.77. The number of alkyl halides is 2. The van der Waals surface area contributed by atoms with Crippen molar-refractivity contribution in [2.24, 2.45) is 17.8 Å². The van der Waals surface area contributed by atoms with Crippen molar-refractivity contribution < 1.29 is 18.7 Å². The molecule has 6 heteroatoms. The highest BCUT2D eigenvalue weighted by Gasteiger charge is 2.58. The molecule has 3 atom stereocenters. The topological polar surface area (TPSA) is 43.8 Å². The molecule has 0 aromatic rings. The molecule has 2 heterocycles. The van der Waals surface area contributed by atoms with Crippen LogP contribution in [0.3, 0.4) is 0 Å². The third-order valence-electron chi connectivity index (χ3n) is 4.02. The Morgan fingerprint density at radius 2 is 1.88 bits per heavy atom. The quantitative estimate of drug-likeness (QED) is 0.765. The number of piperidine rings is 1. The summed E-state index contributed by atoms with van der Waals surface area (Å²) in [5.74, 6) is -1.20. The molecule has 1 saturated carbocycles. The fourth-order valence-electron chi connectivity index (χ4n) is 3.11. The van der Waals surface area contributed by atoms with Crippen LogP contribution in [0.2, 0.25) is 0 Å². The molecule has 0 bridgehead atoms. The van der Waals surface area contributed by atoms with E-state index >= 15 is 0 Å². The molecule has 3 aliphatic rings. The van der Waals surface area contributed by atoms with E-state index in [0.29, 0.717) is 30.8 Å². The van der Waals surface area contributed by atoms with E-state index in [4.69, 9.17) is 5.11 Å². The molecule has 0 spiro atoms. The molecule has 2 saturated heterocycles. The number of likely N-dealkylation sites (tertiary alicyclic amines) is 2. The van der Waals surface area contributed by atoms with Gasteiger partial charge in [-0.05, 0) is 17.8 Å². The van der Waals surface area contributed by atoms with Crippen LogP contribution in [0, 0.1) is 17.8 Å². The van der Waals surface area contributed by atoms with E-state index < -0.39 is 12.0 Å². The smallest absolute Gasteiger partial charge is 0.407 e. The zero-order valence-corrected chi connectivity index (χ0v) is 8.77. The Kier molecular flexibility index (Phi) is 1.96. The van der Waals surface area contributed by atoms with Crippen LogP contribution in [0.4, 0.5) is 13.6 Å². The molecule has 90 valence electrons. The van der Waals surface area contributed by atoms with Crippen LogP contribution in [0.1, 0.15) is 0 Å². The molecule has 3 rings (SSSR count). The summed E-state index contributed by atoms with van der Waals surface area (Å²) in [7, 11) is 0. The predicted octanol–water partition coefficient (Wildman–Crippen LogP) is 0.793. The molecule has 0 radical (unpaired) electrons. The minimum atomic E-state index is -2.49. The molecule has 3 fully saturated rings. The van der Waals surface area contributed by atoms with Crippen molar-refractivity contribution in [3.63, 3.8) is 0 Å². The van der Waals surface area contributed by atoms with Gasteiger partial charge in [-0.15, -0.1) is 0 Å². The molecule has 1 aliphatic carbocycles. The highest BCUT2D eigenvalue weighted by molar-refractivity contribution is 5.65. The lowest BCUT2D eigenvalue weighted by Gasteiger charge is -2.39.